The van der Waals surface area contributed by atoms with E-state index in [9.17, 15) is 23.1 Å². The maximum Gasteiger partial charge on any atom is 0.326 e. The third kappa shape index (κ3) is 9.80. The number of carbonyl (C=O) groups excluding carboxylic acids is 1. The fourth-order valence-corrected chi connectivity index (χ4v) is 7.66. The largest absolute Gasteiger partial charge is 0.480 e. The Kier molecular flexibility index (Phi) is 12.1. The number of ether oxygens (including phenoxy) is 1. The Hall–Kier alpha value is -2.40. The van der Waals surface area contributed by atoms with Crippen LogP contribution in [0.5, 0.6) is 0 Å². The number of sulfone groups is 1. The van der Waals surface area contributed by atoms with Crippen LogP contribution in [0.2, 0.25) is 0 Å². The van der Waals surface area contributed by atoms with Crippen LogP contribution in [-0.4, -0.2) is 85.7 Å². The lowest BCUT2D eigenvalue weighted by atomic mass is 9.90. The van der Waals surface area contributed by atoms with Crippen molar-refractivity contribution >= 4 is 33.5 Å². The molecule has 1 aliphatic carbocycles. The molecule has 3 atom stereocenters. The summed E-state index contributed by atoms with van der Waals surface area (Å²) < 4.78 is 29.6. The van der Waals surface area contributed by atoms with Crippen LogP contribution in [0.25, 0.3) is 11.1 Å². The molecule has 4 rings (SSSR count). The van der Waals surface area contributed by atoms with Gasteiger partial charge in [0.15, 0.2) is 0 Å². The molecule has 2 aromatic carbocycles. The van der Waals surface area contributed by atoms with Gasteiger partial charge in [0, 0.05) is 42.8 Å². The third-order valence-corrected chi connectivity index (χ3v) is 10.7. The Labute approximate surface area is 260 Å². The molecule has 0 spiro atoms. The average molecular weight is 631 g/mol. The number of carbonyl (C=O) groups is 2. The number of aryl methyl sites for hydroxylation is 1. The number of benzene rings is 2. The van der Waals surface area contributed by atoms with E-state index in [0.29, 0.717) is 22.8 Å². The Balaban J connectivity index is 1.54. The predicted octanol–water partition coefficient (Wildman–Crippen LogP) is 5.18. The highest BCUT2D eigenvalue weighted by atomic mass is 32.2. The fraction of sp³-hybridized carbons (Fsp3) is 0.576. The first kappa shape index (κ1) is 33.5. The van der Waals surface area contributed by atoms with Gasteiger partial charge in [-0.25, -0.2) is 13.2 Å². The van der Waals surface area contributed by atoms with Crippen molar-refractivity contribution in [2.45, 2.75) is 75.7 Å². The molecular formula is C33H46N2O6S2. The van der Waals surface area contributed by atoms with Gasteiger partial charge in [0.1, 0.15) is 15.9 Å². The third-order valence-electron chi connectivity index (χ3n) is 8.74. The van der Waals surface area contributed by atoms with E-state index in [1.165, 1.54) is 32.1 Å². The van der Waals surface area contributed by atoms with Gasteiger partial charge in [-0.2, -0.15) is 11.8 Å². The van der Waals surface area contributed by atoms with Crippen LogP contribution in [0, 0.1) is 12.8 Å². The zero-order chi connectivity index (χ0) is 31.0. The normalized spacial score (nSPS) is 20.6. The second-order valence-electron chi connectivity index (χ2n) is 12.2. The number of nitrogens with zero attached hydrogens (tertiary/aromatic N) is 1. The molecule has 2 N–H and O–H groups in total. The van der Waals surface area contributed by atoms with Gasteiger partial charge < -0.3 is 15.2 Å². The molecular weight excluding hydrogens is 585 g/mol. The lowest BCUT2D eigenvalue weighted by Gasteiger charge is -2.27. The summed E-state index contributed by atoms with van der Waals surface area (Å²) in [6, 6.07) is 12.6. The van der Waals surface area contributed by atoms with Crippen molar-refractivity contribution in [2.75, 3.05) is 38.0 Å². The van der Waals surface area contributed by atoms with Gasteiger partial charge in [-0.3, -0.25) is 9.69 Å². The molecule has 1 heterocycles. The SMILES string of the molecule is CSC1CC(COCC2CCCCC2)N(Cc2ccc(C(=O)NC(CCS(C)(=O)=O)C(=O)O)c(-c3ccccc3C)c2)C1. The summed E-state index contributed by atoms with van der Waals surface area (Å²) in [5, 5.41) is 12.8. The second-order valence-corrected chi connectivity index (χ2v) is 15.6. The zero-order valence-electron chi connectivity index (χ0n) is 25.6. The highest BCUT2D eigenvalue weighted by Crippen LogP contribution is 2.32. The van der Waals surface area contributed by atoms with E-state index in [-0.39, 0.29) is 12.2 Å². The van der Waals surface area contributed by atoms with E-state index in [2.05, 4.69) is 16.5 Å². The van der Waals surface area contributed by atoms with Crippen molar-refractivity contribution in [1.29, 1.82) is 0 Å². The van der Waals surface area contributed by atoms with Gasteiger partial charge in [0.25, 0.3) is 5.91 Å². The van der Waals surface area contributed by atoms with E-state index >= 15 is 0 Å². The molecule has 1 aliphatic heterocycles. The number of carboxylic acids is 1. The molecule has 8 nitrogen and oxygen atoms in total. The van der Waals surface area contributed by atoms with Crippen molar-refractivity contribution in [3.8, 4) is 11.1 Å². The molecule has 0 radical (unpaired) electrons. The maximum atomic E-state index is 13.5. The maximum absolute atomic E-state index is 13.5. The van der Waals surface area contributed by atoms with Crippen LogP contribution in [0.1, 0.15) is 66.4 Å². The molecule has 0 aromatic heterocycles. The molecule has 236 valence electrons. The molecule has 2 aliphatic rings. The molecule has 3 unspecified atom stereocenters. The van der Waals surface area contributed by atoms with Gasteiger partial charge in [0.05, 0.1) is 12.4 Å². The van der Waals surface area contributed by atoms with Crippen LogP contribution in [-0.2, 0) is 25.9 Å². The summed E-state index contributed by atoms with van der Waals surface area (Å²) in [6.07, 6.45) is 10.6. The van der Waals surface area contributed by atoms with E-state index in [1.54, 1.807) is 6.07 Å². The lowest BCUT2D eigenvalue weighted by Crippen LogP contribution is -2.42. The van der Waals surface area contributed by atoms with Crippen molar-refractivity contribution in [1.82, 2.24) is 10.2 Å². The summed E-state index contributed by atoms with van der Waals surface area (Å²) in [5.41, 5.74) is 4.05. The Morgan fingerprint density at radius 3 is 2.51 bits per heavy atom. The molecule has 2 fully saturated rings. The molecule has 1 saturated heterocycles. The summed E-state index contributed by atoms with van der Waals surface area (Å²) in [4.78, 5) is 27.8. The number of rotatable bonds is 14. The first-order chi connectivity index (χ1) is 20.5. The van der Waals surface area contributed by atoms with Crippen molar-refractivity contribution < 1.29 is 27.9 Å². The number of nitrogens with one attached hydrogen (secondary N) is 1. The Bertz CT molecular complexity index is 1360. The Morgan fingerprint density at radius 1 is 1.09 bits per heavy atom. The molecule has 2 aromatic rings. The standard InChI is InChI=1S/C33H46N2O6S2/c1-23-9-7-8-12-28(23)30-17-25(13-14-29(30)32(36)34-31(33(37)38)15-16-43(3,39)40)19-35-20-27(42-2)18-26(35)22-41-21-24-10-5-4-6-11-24/h7-9,12-14,17,24,26-27,31H,4-6,10-11,15-16,18-22H2,1-3H3,(H,34,36)(H,37,38). The molecule has 1 saturated carbocycles. The van der Waals surface area contributed by atoms with Gasteiger partial charge >= 0.3 is 5.97 Å². The van der Waals surface area contributed by atoms with Gasteiger partial charge in [-0.15, -0.1) is 0 Å². The van der Waals surface area contributed by atoms with Crippen LogP contribution < -0.4 is 5.32 Å². The van der Waals surface area contributed by atoms with Gasteiger partial charge in [-0.1, -0.05) is 49.6 Å². The van der Waals surface area contributed by atoms with Crippen LogP contribution in [0.3, 0.4) is 0 Å². The zero-order valence-corrected chi connectivity index (χ0v) is 27.2. The van der Waals surface area contributed by atoms with Crippen LogP contribution in [0.4, 0.5) is 0 Å². The van der Waals surface area contributed by atoms with Crippen LogP contribution in [0.15, 0.2) is 42.5 Å². The minimum atomic E-state index is -3.38. The highest BCUT2D eigenvalue weighted by molar-refractivity contribution is 7.99. The number of aliphatic carboxylic acids is 1. The lowest BCUT2D eigenvalue weighted by molar-refractivity contribution is -0.139. The monoisotopic (exact) mass is 630 g/mol. The predicted molar refractivity (Wildman–Crippen MR) is 173 cm³/mol. The fourth-order valence-electron chi connectivity index (χ4n) is 6.25. The molecule has 0 bridgehead atoms. The Morgan fingerprint density at radius 2 is 1.84 bits per heavy atom. The number of likely N-dealkylation sites (tertiary alicyclic amines) is 1. The van der Waals surface area contributed by atoms with E-state index < -0.39 is 27.8 Å². The average Bonchev–Trinajstić information content (AvgIpc) is 3.36. The van der Waals surface area contributed by atoms with Crippen molar-refractivity contribution in [3.05, 3.63) is 59.2 Å². The molecule has 43 heavy (non-hydrogen) atoms. The van der Waals surface area contributed by atoms with Gasteiger partial charge in [0.2, 0.25) is 0 Å². The molecule has 10 heteroatoms. The summed E-state index contributed by atoms with van der Waals surface area (Å²) in [6.45, 7) is 5.25. The number of amides is 1. The first-order valence-electron chi connectivity index (χ1n) is 15.3. The van der Waals surface area contributed by atoms with Gasteiger partial charge in [-0.05, 0) is 79.2 Å². The second kappa shape index (κ2) is 15.5. The highest BCUT2D eigenvalue weighted by Gasteiger charge is 2.32. The molecule has 1 amide bonds. The number of thioether (sulfide) groups is 1. The van der Waals surface area contributed by atoms with E-state index in [0.717, 1.165) is 61.2 Å². The summed E-state index contributed by atoms with van der Waals surface area (Å²) in [7, 11) is -3.38. The smallest absolute Gasteiger partial charge is 0.326 e. The number of hydrogen-bond acceptors (Lipinski definition) is 7. The summed E-state index contributed by atoms with van der Waals surface area (Å²) in [5.74, 6) is -1.45. The minimum Gasteiger partial charge on any atom is -0.480 e. The number of hydrogen-bond donors (Lipinski definition) is 2. The minimum absolute atomic E-state index is 0.201. The summed E-state index contributed by atoms with van der Waals surface area (Å²) >= 11 is 1.90. The number of carboxylic acid groups (broad SMARTS) is 1. The first-order valence-corrected chi connectivity index (χ1v) is 18.6. The van der Waals surface area contributed by atoms with Crippen LogP contribution >= 0.6 is 11.8 Å². The van der Waals surface area contributed by atoms with Crippen molar-refractivity contribution in [3.63, 3.8) is 0 Å². The van der Waals surface area contributed by atoms with E-state index in [1.807, 2.05) is 55.1 Å². The van der Waals surface area contributed by atoms with Crippen molar-refractivity contribution in [2.24, 2.45) is 5.92 Å². The van der Waals surface area contributed by atoms with E-state index in [4.69, 9.17) is 4.74 Å². The topological polar surface area (TPSA) is 113 Å². The quantitative estimate of drug-likeness (QED) is 0.294.